The Balaban J connectivity index is 3.01. The topological polar surface area (TPSA) is 80.8 Å². The lowest BCUT2D eigenvalue weighted by Gasteiger charge is -2.17. The summed E-state index contributed by atoms with van der Waals surface area (Å²) >= 11 is 3.22. The third-order valence-corrected chi connectivity index (χ3v) is 6.01. The molecule has 0 atom stereocenters. The van der Waals surface area contributed by atoms with Gasteiger partial charge in [0.2, 0.25) is 10.0 Å². The summed E-state index contributed by atoms with van der Waals surface area (Å²) in [5, 5.41) is 0. The number of sulfonamides is 1. The minimum atomic E-state index is -3.73. The van der Waals surface area contributed by atoms with Crippen molar-refractivity contribution in [3.63, 3.8) is 0 Å². The number of rotatable bonds is 6. The number of methoxy groups -OCH3 is 1. The molecular weight excluding hydrogens is 370 g/mol. The molecule has 0 radical (unpaired) electrons. The summed E-state index contributed by atoms with van der Waals surface area (Å²) in [6, 6.07) is 4.36. The molecular formula is C11H16BrNO5S2. The molecule has 114 valence electrons. The van der Waals surface area contributed by atoms with E-state index in [4.69, 9.17) is 4.74 Å². The van der Waals surface area contributed by atoms with E-state index in [2.05, 4.69) is 15.9 Å². The molecule has 1 rings (SSSR count). The normalized spacial score (nSPS) is 12.7. The van der Waals surface area contributed by atoms with Crippen LogP contribution >= 0.6 is 15.9 Å². The third-order valence-electron chi connectivity index (χ3n) is 2.61. The van der Waals surface area contributed by atoms with Gasteiger partial charge in [-0.25, -0.2) is 16.8 Å². The Hall–Kier alpha value is -0.640. The van der Waals surface area contributed by atoms with Gasteiger partial charge in [-0.15, -0.1) is 0 Å². The Morgan fingerprint density at radius 1 is 1.25 bits per heavy atom. The zero-order chi connectivity index (χ0) is 15.6. The van der Waals surface area contributed by atoms with Gasteiger partial charge in [0.05, 0.1) is 22.2 Å². The maximum atomic E-state index is 12.3. The van der Waals surface area contributed by atoms with Crippen molar-refractivity contribution in [1.82, 2.24) is 4.31 Å². The molecule has 0 fully saturated rings. The molecule has 0 heterocycles. The summed E-state index contributed by atoms with van der Waals surface area (Å²) < 4.78 is 53.3. The van der Waals surface area contributed by atoms with Crippen molar-refractivity contribution in [2.75, 3.05) is 32.7 Å². The van der Waals surface area contributed by atoms with Crippen molar-refractivity contribution >= 4 is 35.8 Å². The van der Waals surface area contributed by atoms with Gasteiger partial charge < -0.3 is 4.74 Å². The first-order chi connectivity index (χ1) is 9.08. The van der Waals surface area contributed by atoms with E-state index in [1.807, 2.05) is 0 Å². The number of benzene rings is 1. The number of hydrogen-bond acceptors (Lipinski definition) is 5. The van der Waals surface area contributed by atoms with E-state index in [9.17, 15) is 16.8 Å². The van der Waals surface area contributed by atoms with Gasteiger partial charge in [-0.3, -0.25) is 0 Å². The largest absolute Gasteiger partial charge is 0.496 e. The predicted molar refractivity (Wildman–Crippen MR) is 80.2 cm³/mol. The molecule has 9 heteroatoms. The standard InChI is InChI=1S/C11H16BrNO5S2/c1-13(6-7-19(3,14)15)20(16,17)9-4-5-11(18-2)10(12)8-9/h4-5,8H,6-7H2,1-3H3. The third kappa shape index (κ3) is 4.44. The highest BCUT2D eigenvalue weighted by Gasteiger charge is 2.22. The van der Waals surface area contributed by atoms with Crippen LogP contribution in [0.15, 0.2) is 27.6 Å². The summed E-state index contributed by atoms with van der Waals surface area (Å²) in [5.74, 6) is 0.294. The van der Waals surface area contributed by atoms with Gasteiger partial charge in [0.15, 0.2) is 0 Å². The van der Waals surface area contributed by atoms with Crippen LogP contribution in [0.2, 0.25) is 0 Å². The zero-order valence-electron chi connectivity index (χ0n) is 11.3. The summed E-state index contributed by atoms with van der Waals surface area (Å²) in [5.41, 5.74) is 0. The van der Waals surface area contributed by atoms with Crippen molar-refractivity contribution in [1.29, 1.82) is 0 Å². The van der Waals surface area contributed by atoms with Crippen LogP contribution in [-0.4, -0.2) is 53.9 Å². The minimum absolute atomic E-state index is 0.0705. The smallest absolute Gasteiger partial charge is 0.242 e. The highest BCUT2D eigenvalue weighted by atomic mass is 79.9. The quantitative estimate of drug-likeness (QED) is 0.732. The minimum Gasteiger partial charge on any atom is -0.496 e. The van der Waals surface area contributed by atoms with Gasteiger partial charge in [0.25, 0.3) is 0 Å². The van der Waals surface area contributed by atoms with Crippen molar-refractivity contribution in [2.45, 2.75) is 4.90 Å². The van der Waals surface area contributed by atoms with E-state index in [1.165, 1.54) is 32.4 Å². The van der Waals surface area contributed by atoms with Crippen LogP contribution in [0.3, 0.4) is 0 Å². The fourth-order valence-electron chi connectivity index (χ4n) is 1.40. The van der Waals surface area contributed by atoms with Crippen molar-refractivity contribution in [3.8, 4) is 5.75 Å². The van der Waals surface area contributed by atoms with E-state index in [1.54, 1.807) is 0 Å². The molecule has 6 nitrogen and oxygen atoms in total. The van der Waals surface area contributed by atoms with Crippen LogP contribution in [0.5, 0.6) is 5.75 Å². The second-order valence-corrected chi connectivity index (χ2v) is 9.41. The first-order valence-corrected chi connectivity index (χ1v) is 9.85. The lowest BCUT2D eigenvalue weighted by molar-refractivity contribution is 0.411. The van der Waals surface area contributed by atoms with Gasteiger partial charge in [0.1, 0.15) is 15.6 Å². The van der Waals surface area contributed by atoms with E-state index < -0.39 is 19.9 Å². The maximum Gasteiger partial charge on any atom is 0.242 e. The Kier molecular flexibility index (Phi) is 5.59. The molecule has 0 aliphatic carbocycles. The Morgan fingerprint density at radius 2 is 1.85 bits per heavy atom. The van der Waals surface area contributed by atoms with Crippen LogP contribution in [0, 0.1) is 0 Å². The molecule has 0 amide bonds. The number of ether oxygens (including phenoxy) is 1. The van der Waals surface area contributed by atoms with Crippen molar-refractivity contribution in [3.05, 3.63) is 22.7 Å². The monoisotopic (exact) mass is 385 g/mol. The summed E-state index contributed by atoms with van der Waals surface area (Å²) in [6.07, 6.45) is 1.07. The molecule has 0 unspecified atom stereocenters. The van der Waals surface area contributed by atoms with Crippen LogP contribution in [0.4, 0.5) is 0 Å². The molecule has 0 aliphatic rings. The number of nitrogens with zero attached hydrogens (tertiary/aromatic N) is 1. The number of sulfone groups is 1. The summed E-state index contributed by atoms with van der Waals surface area (Å²) in [6.45, 7) is -0.0924. The molecule has 0 aromatic heterocycles. The highest BCUT2D eigenvalue weighted by molar-refractivity contribution is 9.10. The van der Waals surface area contributed by atoms with Crippen molar-refractivity contribution in [2.24, 2.45) is 0 Å². The molecule has 0 aliphatic heterocycles. The molecule has 1 aromatic carbocycles. The molecule has 0 N–H and O–H groups in total. The molecule has 1 aromatic rings. The fraction of sp³-hybridized carbons (Fsp3) is 0.455. The first-order valence-electron chi connectivity index (χ1n) is 5.55. The second-order valence-electron chi connectivity index (χ2n) is 4.25. The predicted octanol–water partition coefficient (Wildman–Crippen LogP) is 1.12. The highest BCUT2D eigenvalue weighted by Crippen LogP contribution is 2.28. The van der Waals surface area contributed by atoms with E-state index >= 15 is 0 Å². The van der Waals surface area contributed by atoms with Gasteiger partial charge in [0, 0.05) is 19.8 Å². The Bertz CT molecular complexity index is 685. The fourth-order valence-corrected chi connectivity index (χ4v) is 4.01. The van der Waals surface area contributed by atoms with E-state index in [0.29, 0.717) is 10.2 Å². The first kappa shape index (κ1) is 17.4. The zero-order valence-corrected chi connectivity index (χ0v) is 14.5. The molecule has 0 saturated heterocycles. The average molecular weight is 386 g/mol. The lowest BCUT2D eigenvalue weighted by atomic mass is 10.3. The summed E-state index contributed by atoms with van der Waals surface area (Å²) in [4.78, 5) is 0.0705. The molecule has 0 bridgehead atoms. The van der Waals surface area contributed by atoms with Gasteiger partial charge in [-0.1, -0.05) is 0 Å². The molecule has 0 spiro atoms. The van der Waals surface area contributed by atoms with Gasteiger partial charge in [-0.2, -0.15) is 4.31 Å². The van der Waals surface area contributed by atoms with Crippen LogP contribution < -0.4 is 4.74 Å². The van der Waals surface area contributed by atoms with E-state index in [-0.39, 0.29) is 17.2 Å². The number of hydrogen-bond donors (Lipinski definition) is 0. The average Bonchev–Trinajstić information content (AvgIpc) is 2.34. The van der Waals surface area contributed by atoms with Gasteiger partial charge in [-0.05, 0) is 34.1 Å². The Labute approximate surface area is 127 Å². The van der Waals surface area contributed by atoms with Crippen LogP contribution in [-0.2, 0) is 19.9 Å². The van der Waals surface area contributed by atoms with Gasteiger partial charge >= 0.3 is 0 Å². The number of halogens is 1. The molecule has 20 heavy (non-hydrogen) atoms. The lowest BCUT2D eigenvalue weighted by Crippen LogP contribution is -2.31. The Morgan fingerprint density at radius 3 is 2.30 bits per heavy atom. The maximum absolute atomic E-state index is 12.3. The molecule has 0 saturated carbocycles. The van der Waals surface area contributed by atoms with Crippen molar-refractivity contribution < 1.29 is 21.6 Å². The summed E-state index contributed by atoms with van der Waals surface area (Å²) in [7, 11) is -4.12. The van der Waals surface area contributed by atoms with Crippen LogP contribution in [0.25, 0.3) is 0 Å². The van der Waals surface area contributed by atoms with Crippen LogP contribution in [0.1, 0.15) is 0 Å². The second kappa shape index (κ2) is 6.42. The SMILES string of the molecule is COc1ccc(S(=O)(=O)N(C)CCS(C)(=O)=O)cc1Br. The van der Waals surface area contributed by atoms with E-state index in [0.717, 1.165) is 10.6 Å².